The van der Waals surface area contributed by atoms with Crippen LogP contribution in [0.2, 0.25) is 0 Å². The molecule has 1 aliphatic rings. The minimum atomic E-state index is -3.83. The lowest BCUT2D eigenvalue weighted by molar-refractivity contribution is -0.123. The SMILES string of the molecule is C/C=C/[C@@H](OCOC)[C@H]1O[C@H](c2ccccc2)[C@H](C)N1S(=O)(=O)c1ccc(C)cc1. The molecule has 4 atom stereocenters. The molecule has 2 aromatic rings. The topological polar surface area (TPSA) is 65.1 Å². The van der Waals surface area contributed by atoms with Gasteiger partial charge in [-0.2, -0.15) is 4.31 Å². The third kappa shape index (κ3) is 4.66. The number of aryl methyl sites for hydroxylation is 1. The maximum atomic E-state index is 13.7. The maximum absolute atomic E-state index is 13.7. The number of methoxy groups -OCH3 is 1. The molecule has 30 heavy (non-hydrogen) atoms. The molecule has 6 nitrogen and oxygen atoms in total. The molecule has 1 fully saturated rings. The van der Waals surface area contributed by atoms with E-state index >= 15 is 0 Å². The Morgan fingerprint density at radius 2 is 1.80 bits per heavy atom. The summed E-state index contributed by atoms with van der Waals surface area (Å²) in [5.74, 6) is 0. The zero-order chi connectivity index (χ0) is 21.7. The fourth-order valence-corrected chi connectivity index (χ4v) is 5.38. The van der Waals surface area contributed by atoms with Gasteiger partial charge in [-0.15, -0.1) is 0 Å². The highest BCUT2D eigenvalue weighted by Crippen LogP contribution is 2.40. The van der Waals surface area contributed by atoms with Crippen LogP contribution in [0, 0.1) is 6.92 Å². The first-order chi connectivity index (χ1) is 14.4. The summed E-state index contributed by atoms with van der Waals surface area (Å²) in [5, 5.41) is 0. The number of hydrogen-bond acceptors (Lipinski definition) is 5. The van der Waals surface area contributed by atoms with E-state index in [0.29, 0.717) is 0 Å². The molecule has 0 aliphatic carbocycles. The largest absolute Gasteiger partial charge is 0.359 e. The van der Waals surface area contributed by atoms with Gasteiger partial charge in [0.05, 0.1) is 10.9 Å². The van der Waals surface area contributed by atoms with E-state index in [1.807, 2.05) is 57.2 Å². The molecule has 3 rings (SSSR count). The molecule has 0 amide bonds. The molecule has 7 heteroatoms. The number of ether oxygens (including phenoxy) is 3. The second-order valence-corrected chi connectivity index (χ2v) is 9.15. The molecule has 0 saturated carbocycles. The van der Waals surface area contributed by atoms with E-state index in [4.69, 9.17) is 14.2 Å². The van der Waals surface area contributed by atoms with Crippen molar-refractivity contribution in [2.24, 2.45) is 0 Å². The number of benzene rings is 2. The Balaban J connectivity index is 2.05. The summed E-state index contributed by atoms with van der Waals surface area (Å²) in [6.45, 7) is 5.67. The number of nitrogens with zero attached hydrogens (tertiary/aromatic N) is 1. The summed E-state index contributed by atoms with van der Waals surface area (Å²) < 4.78 is 45.9. The number of rotatable bonds is 8. The highest BCUT2D eigenvalue weighted by atomic mass is 32.2. The van der Waals surface area contributed by atoms with Crippen LogP contribution in [0.25, 0.3) is 0 Å². The molecule has 162 valence electrons. The molecular formula is C23H29NO5S. The molecule has 1 saturated heterocycles. The Morgan fingerprint density at radius 3 is 2.40 bits per heavy atom. The Morgan fingerprint density at radius 1 is 1.13 bits per heavy atom. The van der Waals surface area contributed by atoms with Gasteiger partial charge < -0.3 is 14.2 Å². The zero-order valence-electron chi connectivity index (χ0n) is 17.8. The van der Waals surface area contributed by atoms with Crippen LogP contribution in [0.15, 0.2) is 71.6 Å². The first kappa shape index (κ1) is 22.7. The second-order valence-electron chi connectivity index (χ2n) is 7.31. The summed E-state index contributed by atoms with van der Waals surface area (Å²) in [4.78, 5) is 0.230. The zero-order valence-corrected chi connectivity index (χ0v) is 18.6. The minimum Gasteiger partial charge on any atom is -0.359 e. The van der Waals surface area contributed by atoms with Crippen LogP contribution in [-0.2, 0) is 24.2 Å². The fraction of sp³-hybridized carbons (Fsp3) is 0.391. The average molecular weight is 432 g/mol. The Hall–Kier alpha value is -2.03. The molecule has 0 unspecified atom stereocenters. The normalized spacial score (nSPS) is 23.8. The Labute approximate surface area is 179 Å². The van der Waals surface area contributed by atoms with Crippen molar-refractivity contribution >= 4 is 10.0 Å². The van der Waals surface area contributed by atoms with Crippen LogP contribution < -0.4 is 0 Å². The van der Waals surface area contributed by atoms with Crippen LogP contribution in [0.1, 0.15) is 31.1 Å². The van der Waals surface area contributed by atoms with Gasteiger partial charge in [-0.25, -0.2) is 8.42 Å². The lowest BCUT2D eigenvalue weighted by Gasteiger charge is -2.29. The second kappa shape index (κ2) is 9.85. The molecule has 0 bridgehead atoms. The molecule has 0 radical (unpaired) electrons. The van der Waals surface area contributed by atoms with E-state index in [0.717, 1.165) is 11.1 Å². The van der Waals surface area contributed by atoms with Crippen molar-refractivity contribution in [2.45, 2.75) is 50.1 Å². The van der Waals surface area contributed by atoms with Crippen molar-refractivity contribution in [3.63, 3.8) is 0 Å². The van der Waals surface area contributed by atoms with Crippen molar-refractivity contribution in [1.82, 2.24) is 4.31 Å². The standard InChI is InChI=1S/C23H29NO5S/c1-5-9-21(28-16-27-4)23-24(30(25,26)20-14-12-17(2)13-15-20)18(3)22(29-23)19-10-7-6-8-11-19/h5-15,18,21-23H,16H2,1-4H3/b9-5+/t18-,21+,22-,23+/m0/s1. The van der Waals surface area contributed by atoms with Crippen LogP contribution in [-0.4, -0.2) is 45.0 Å². The first-order valence-electron chi connectivity index (χ1n) is 9.94. The Kier molecular flexibility index (Phi) is 7.44. The van der Waals surface area contributed by atoms with E-state index in [-0.39, 0.29) is 11.7 Å². The quantitative estimate of drug-likeness (QED) is 0.466. The molecule has 1 aliphatic heterocycles. The van der Waals surface area contributed by atoms with Gasteiger partial charge in [0.1, 0.15) is 19.0 Å². The van der Waals surface area contributed by atoms with Crippen molar-refractivity contribution in [3.8, 4) is 0 Å². The van der Waals surface area contributed by atoms with Gasteiger partial charge in [-0.3, -0.25) is 0 Å². The average Bonchev–Trinajstić information content (AvgIpc) is 3.10. The van der Waals surface area contributed by atoms with E-state index in [1.54, 1.807) is 30.3 Å². The molecule has 1 heterocycles. The number of allylic oxidation sites excluding steroid dienone is 1. The van der Waals surface area contributed by atoms with Crippen molar-refractivity contribution in [1.29, 1.82) is 0 Å². The smallest absolute Gasteiger partial charge is 0.245 e. The third-order valence-electron chi connectivity index (χ3n) is 5.14. The van der Waals surface area contributed by atoms with E-state index in [1.165, 1.54) is 11.4 Å². The van der Waals surface area contributed by atoms with Crippen LogP contribution in [0.5, 0.6) is 0 Å². The summed E-state index contributed by atoms with van der Waals surface area (Å²) in [6.07, 6.45) is 1.74. The maximum Gasteiger partial charge on any atom is 0.245 e. The van der Waals surface area contributed by atoms with Crippen LogP contribution in [0.4, 0.5) is 0 Å². The van der Waals surface area contributed by atoms with Crippen LogP contribution in [0.3, 0.4) is 0 Å². The molecule has 0 spiro atoms. The predicted molar refractivity (Wildman–Crippen MR) is 115 cm³/mol. The molecule has 2 aromatic carbocycles. The van der Waals surface area contributed by atoms with Gasteiger partial charge in [-0.1, -0.05) is 60.2 Å². The molecular weight excluding hydrogens is 402 g/mol. The highest BCUT2D eigenvalue weighted by Gasteiger charge is 2.50. The van der Waals surface area contributed by atoms with Gasteiger partial charge in [-0.05, 0) is 38.5 Å². The van der Waals surface area contributed by atoms with E-state index in [2.05, 4.69) is 0 Å². The van der Waals surface area contributed by atoms with E-state index in [9.17, 15) is 8.42 Å². The van der Waals surface area contributed by atoms with Crippen LogP contribution >= 0.6 is 0 Å². The monoisotopic (exact) mass is 431 g/mol. The summed E-state index contributed by atoms with van der Waals surface area (Å²) >= 11 is 0. The molecule has 0 aromatic heterocycles. The highest BCUT2D eigenvalue weighted by molar-refractivity contribution is 7.89. The van der Waals surface area contributed by atoms with Crippen molar-refractivity contribution in [2.75, 3.05) is 13.9 Å². The summed E-state index contributed by atoms with van der Waals surface area (Å²) in [7, 11) is -2.30. The summed E-state index contributed by atoms with van der Waals surface area (Å²) in [5.41, 5.74) is 1.91. The van der Waals surface area contributed by atoms with E-state index < -0.39 is 34.5 Å². The van der Waals surface area contributed by atoms with Crippen molar-refractivity contribution in [3.05, 3.63) is 77.9 Å². The van der Waals surface area contributed by atoms with Gasteiger partial charge >= 0.3 is 0 Å². The lowest BCUT2D eigenvalue weighted by atomic mass is 10.0. The van der Waals surface area contributed by atoms with Gasteiger partial charge in [0.2, 0.25) is 10.0 Å². The third-order valence-corrected chi connectivity index (χ3v) is 7.11. The lowest BCUT2D eigenvalue weighted by Crippen LogP contribution is -2.46. The minimum absolute atomic E-state index is 0.0255. The number of sulfonamides is 1. The van der Waals surface area contributed by atoms with Crippen molar-refractivity contribution < 1.29 is 22.6 Å². The fourth-order valence-electron chi connectivity index (χ4n) is 3.67. The predicted octanol–water partition coefficient (Wildman–Crippen LogP) is 4.04. The first-order valence-corrected chi connectivity index (χ1v) is 11.4. The van der Waals surface area contributed by atoms with Gasteiger partial charge in [0.25, 0.3) is 0 Å². The summed E-state index contributed by atoms with van der Waals surface area (Å²) in [6, 6.07) is 16.1. The Bertz CT molecular complexity index is 943. The van der Waals surface area contributed by atoms with Gasteiger partial charge in [0, 0.05) is 7.11 Å². The van der Waals surface area contributed by atoms with Gasteiger partial charge in [0.15, 0.2) is 6.23 Å². The molecule has 0 N–H and O–H groups in total. The number of hydrogen-bond donors (Lipinski definition) is 0.